The Morgan fingerprint density at radius 3 is 2.55 bits per heavy atom. The molecule has 0 bridgehead atoms. The minimum absolute atomic E-state index is 0.148. The second-order valence-corrected chi connectivity index (χ2v) is 7.23. The van der Waals surface area contributed by atoms with E-state index < -0.39 is 5.97 Å². The highest BCUT2D eigenvalue weighted by atomic mass is 32.1. The highest BCUT2D eigenvalue weighted by molar-refractivity contribution is 7.14. The number of esters is 1. The van der Waals surface area contributed by atoms with Crippen LogP contribution in [0, 0.1) is 6.92 Å². The predicted molar refractivity (Wildman–Crippen MR) is 113 cm³/mol. The maximum absolute atomic E-state index is 12.3. The highest BCUT2D eigenvalue weighted by Gasteiger charge is 2.25. The molecule has 1 amide bonds. The maximum atomic E-state index is 12.3. The van der Waals surface area contributed by atoms with Crippen molar-refractivity contribution in [1.29, 1.82) is 0 Å². The molecule has 7 heteroatoms. The quantitative estimate of drug-likeness (QED) is 0.476. The van der Waals surface area contributed by atoms with Crippen LogP contribution in [0.4, 0.5) is 10.8 Å². The summed E-state index contributed by atoms with van der Waals surface area (Å²) < 4.78 is 5.33. The Bertz CT molecular complexity index is 1150. The molecule has 0 atom stereocenters. The number of aryl methyl sites for hydroxylation is 1. The highest BCUT2D eigenvalue weighted by Crippen LogP contribution is 2.30. The van der Waals surface area contributed by atoms with Gasteiger partial charge in [0.05, 0.1) is 11.4 Å². The number of benzene rings is 2. The van der Waals surface area contributed by atoms with Gasteiger partial charge in [0.25, 0.3) is 0 Å². The molecule has 4 rings (SSSR count). The number of nitrogens with zero attached hydrogens (tertiary/aromatic N) is 3. The number of amides is 1. The van der Waals surface area contributed by atoms with E-state index in [1.807, 2.05) is 61.5 Å². The Balaban J connectivity index is 1.64. The van der Waals surface area contributed by atoms with Gasteiger partial charge in [-0.2, -0.15) is 0 Å². The van der Waals surface area contributed by atoms with E-state index in [2.05, 4.69) is 9.98 Å². The smallest absolute Gasteiger partial charge is 0.363 e. The molecule has 0 fully saturated rings. The normalized spacial score (nSPS) is 14.6. The summed E-state index contributed by atoms with van der Waals surface area (Å²) in [4.78, 5) is 34.8. The molecule has 0 radical (unpaired) electrons. The van der Waals surface area contributed by atoms with E-state index in [-0.39, 0.29) is 17.5 Å². The zero-order chi connectivity index (χ0) is 20.4. The number of hydrogen-bond donors (Lipinski definition) is 0. The predicted octanol–water partition coefficient (Wildman–Crippen LogP) is 4.48. The van der Waals surface area contributed by atoms with Gasteiger partial charge in [-0.1, -0.05) is 36.4 Å². The standard InChI is InChI=1S/C22H17N3O3S/c1-14-8-6-7-11-18(14)20-24-19(21(27)28-20)12-16-13-29-22(23-16)25(15(2)26)17-9-4-3-5-10-17/h3-13H,1-2H3. The summed E-state index contributed by atoms with van der Waals surface area (Å²) in [5.74, 6) is -0.390. The first kappa shape index (κ1) is 18.8. The number of aliphatic imine (C=N–C) groups is 1. The van der Waals surface area contributed by atoms with Crippen LogP contribution in [-0.4, -0.2) is 22.8 Å². The minimum Gasteiger partial charge on any atom is -0.402 e. The van der Waals surface area contributed by atoms with E-state index in [0.717, 1.165) is 16.8 Å². The summed E-state index contributed by atoms with van der Waals surface area (Å²) in [6.45, 7) is 3.42. The first-order valence-electron chi connectivity index (χ1n) is 8.93. The molecular weight excluding hydrogens is 386 g/mol. The van der Waals surface area contributed by atoms with E-state index in [9.17, 15) is 9.59 Å². The Morgan fingerprint density at radius 2 is 1.83 bits per heavy atom. The lowest BCUT2D eigenvalue weighted by atomic mass is 10.1. The van der Waals surface area contributed by atoms with E-state index in [1.54, 1.807) is 11.5 Å². The summed E-state index contributed by atoms with van der Waals surface area (Å²) in [5.41, 5.74) is 3.18. The molecule has 1 aliphatic rings. The molecule has 3 aromatic rings. The Kier molecular flexibility index (Phi) is 5.05. The average Bonchev–Trinajstić information content (AvgIpc) is 3.30. The number of hydrogen-bond acceptors (Lipinski definition) is 6. The monoisotopic (exact) mass is 403 g/mol. The molecule has 1 aliphatic heterocycles. The Labute approximate surface area is 171 Å². The van der Waals surface area contributed by atoms with Crippen molar-refractivity contribution in [3.05, 3.63) is 82.5 Å². The van der Waals surface area contributed by atoms with Crippen LogP contribution in [0.25, 0.3) is 6.08 Å². The molecule has 0 unspecified atom stereocenters. The fourth-order valence-corrected chi connectivity index (χ4v) is 3.77. The largest absolute Gasteiger partial charge is 0.402 e. The summed E-state index contributed by atoms with van der Waals surface area (Å²) in [6, 6.07) is 16.9. The van der Waals surface area contributed by atoms with Crippen LogP contribution >= 0.6 is 11.3 Å². The van der Waals surface area contributed by atoms with Crippen molar-refractivity contribution in [2.24, 2.45) is 4.99 Å². The molecule has 0 spiro atoms. The number of ether oxygens (including phenoxy) is 1. The molecule has 2 aromatic carbocycles. The molecule has 0 aliphatic carbocycles. The first-order valence-corrected chi connectivity index (χ1v) is 9.81. The van der Waals surface area contributed by atoms with Crippen LogP contribution in [0.1, 0.15) is 23.7 Å². The lowest BCUT2D eigenvalue weighted by Gasteiger charge is -2.17. The van der Waals surface area contributed by atoms with Gasteiger partial charge in [0.1, 0.15) is 0 Å². The van der Waals surface area contributed by atoms with Crippen LogP contribution in [0.2, 0.25) is 0 Å². The van der Waals surface area contributed by atoms with Gasteiger partial charge in [-0.3, -0.25) is 9.69 Å². The number of carbonyl (C=O) groups is 2. The molecule has 144 valence electrons. The fraction of sp³-hybridized carbons (Fsp3) is 0.0909. The van der Waals surface area contributed by atoms with Gasteiger partial charge in [-0.05, 0) is 36.8 Å². The Hall–Kier alpha value is -3.58. The number of para-hydroxylation sites is 1. The fourth-order valence-electron chi connectivity index (χ4n) is 2.93. The molecule has 2 heterocycles. The van der Waals surface area contributed by atoms with Gasteiger partial charge in [-0.25, -0.2) is 14.8 Å². The van der Waals surface area contributed by atoms with E-state index in [1.165, 1.54) is 23.2 Å². The number of aromatic nitrogens is 1. The molecule has 0 N–H and O–H groups in total. The van der Waals surface area contributed by atoms with Crippen molar-refractivity contribution in [2.75, 3.05) is 4.90 Å². The van der Waals surface area contributed by atoms with E-state index in [0.29, 0.717) is 10.8 Å². The number of carbonyl (C=O) groups excluding carboxylic acids is 2. The summed E-state index contributed by atoms with van der Waals surface area (Å²) in [7, 11) is 0. The third-order valence-electron chi connectivity index (χ3n) is 4.31. The van der Waals surface area contributed by atoms with Gasteiger partial charge in [0.15, 0.2) is 10.8 Å². The van der Waals surface area contributed by atoms with Crippen LogP contribution < -0.4 is 4.90 Å². The van der Waals surface area contributed by atoms with Crippen molar-refractivity contribution >= 4 is 46.0 Å². The zero-order valence-corrected chi connectivity index (χ0v) is 16.6. The van der Waals surface area contributed by atoms with Gasteiger partial charge < -0.3 is 4.74 Å². The van der Waals surface area contributed by atoms with E-state index >= 15 is 0 Å². The lowest BCUT2D eigenvalue weighted by molar-refractivity contribution is -0.130. The van der Waals surface area contributed by atoms with Crippen LogP contribution in [0.3, 0.4) is 0 Å². The average molecular weight is 403 g/mol. The van der Waals surface area contributed by atoms with Crippen molar-refractivity contribution in [3.63, 3.8) is 0 Å². The second kappa shape index (κ2) is 7.81. The minimum atomic E-state index is -0.524. The van der Waals surface area contributed by atoms with Crippen molar-refractivity contribution in [1.82, 2.24) is 4.98 Å². The lowest BCUT2D eigenvalue weighted by Crippen LogP contribution is -2.22. The van der Waals surface area contributed by atoms with Crippen molar-refractivity contribution < 1.29 is 14.3 Å². The van der Waals surface area contributed by atoms with Gasteiger partial charge >= 0.3 is 5.97 Å². The van der Waals surface area contributed by atoms with Crippen LogP contribution in [0.5, 0.6) is 0 Å². The van der Waals surface area contributed by atoms with Crippen LogP contribution in [0.15, 0.2) is 70.7 Å². The van der Waals surface area contributed by atoms with Crippen molar-refractivity contribution in [2.45, 2.75) is 13.8 Å². The number of cyclic esters (lactones) is 1. The molecule has 6 nitrogen and oxygen atoms in total. The second-order valence-electron chi connectivity index (χ2n) is 6.40. The maximum Gasteiger partial charge on any atom is 0.363 e. The zero-order valence-electron chi connectivity index (χ0n) is 15.8. The third kappa shape index (κ3) is 3.86. The van der Waals surface area contributed by atoms with Gasteiger partial charge in [0, 0.05) is 17.9 Å². The SMILES string of the molecule is CC(=O)N(c1ccccc1)c1nc(C=C2N=C(c3ccccc3C)OC2=O)cs1. The summed E-state index contributed by atoms with van der Waals surface area (Å²) >= 11 is 1.31. The number of rotatable bonds is 4. The van der Waals surface area contributed by atoms with Crippen LogP contribution in [-0.2, 0) is 14.3 Å². The third-order valence-corrected chi connectivity index (χ3v) is 5.16. The molecule has 0 saturated carbocycles. The molecule has 1 aromatic heterocycles. The van der Waals surface area contributed by atoms with Gasteiger partial charge in [0.2, 0.25) is 11.8 Å². The topological polar surface area (TPSA) is 71.9 Å². The van der Waals surface area contributed by atoms with Crippen molar-refractivity contribution in [3.8, 4) is 0 Å². The molecule has 0 saturated heterocycles. The summed E-state index contributed by atoms with van der Waals surface area (Å²) in [6.07, 6.45) is 1.57. The van der Waals surface area contributed by atoms with Gasteiger partial charge in [-0.15, -0.1) is 11.3 Å². The first-order chi connectivity index (χ1) is 14.0. The molecular formula is C22H17N3O3S. The molecule has 29 heavy (non-hydrogen) atoms. The summed E-state index contributed by atoms with van der Waals surface area (Å²) in [5, 5.41) is 2.29. The van der Waals surface area contributed by atoms with E-state index in [4.69, 9.17) is 4.74 Å². The number of anilines is 2. The number of thiazole rings is 1. The Morgan fingerprint density at radius 1 is 1.10 bits per heavy atom.